The van der Waals surface area contributed by atoms with E-state index in [1.807, 2.05) is 18.2 Å². The van der Waals surface area contributed by atoms with Crippen LogP contribution in [0.1, 0.15) is 12.5 Å². The van der Waals surface area contributed by atoms with Crippen molar-refractivity contribution in [2.45, 2.75) is 19.1 Å². The zero-order chi connectivity index (χ0) is 11.1. The first-order valence-electron chi connectivity index (χ1n) is 5.10. The molecule has 1 rings (SSSR count). The lowest BCUT2D eigenvalue weighted by Crippen LogP contribution is -2.41. The SMILES string of the molecule is COCC(C)(O)CNCc1ccccc1. The molecular formula is C12H19NO2. The molecule has 3 nitrogen and oxygen atoms in total. The predicted molar refractivity (Wildman–Crippen MR) is 60.6 cm³/mol. The number of ether oxygens (including phenoxy) is 1. The van der Waals surface area contributed by atoms with Gasteiger partial charge in [0.1, 0.15) is 0 Å². The van der Waals surface area contributed by atoms with E-state index in [2.05, 4.69) is 17.4 Å². The van der Waals surface area contributed by atoms with Gasteiger partial charge in [0.25, 0.3) is 0 Å². The van der Waals surface area contributed by atoms with Crippen LogP contribution in [0.5, 0.6) is 0 Å². The minimum atomic E-state index is -0.802. The van der Waals surface area contributed by atoms with Crippen LogP contribution in [0.3, 0.4) is 0 Å². The van der Waals surface area contributed by atoms with Gasteiger partial charge < -0.3 is 15.2 Å². The van der Waals surface area contributed by atoms with Gasteiger partial charge in [0.2, 0.25) is 0 Å². The predicted octanol–water partition coefficient (Wildman–Crippen LogP) is 1.17. The van der Waals surface area contributed by atoms with E-state index in [-0.39, 0.29) is 0 Å². The molecule has 0 aliphatic heterocycles. The Kier molecular flexibility index (Phi) is 4.75. The van der Waals surface area contributed by atoms with Crippen molar-refractivity contribution in [2.75, 3.05) is 20.3 Å². The Labute approximate surface area is 91.1 Å². The monoisotopic (exact) mass is 209 g/mol. The van der Waals surface area contributed by atoms with Gasteiger partial charge in [-0.15, -0.1) is 0 Å². The van der Waals surface area contributed by atoms with Crippen molar-refractivity contribution in [1.29, 1.82) is 0 Å². The molecule has 0 radical (unpaired) electrons. The highest BCUT2D eigenvalue weighted by Crippen LogP contribution is 2.03. The highest BCUT2D eigenvalue weighted by molar-refractivity contribution is 5.14. The van der Waals surface area contributed by atoms with Crippen LogP contribution in [-0.2, 0) is 11.3 Å². The third-order valence-corrected chi connectivity index (χ3v) is 2.13. The third-order valence-electron chi connectivity index (χ3n) is 2.13. The van der Waals surface area contributed by atoms with Crippen molar-refractivity contribution in [2.24, 2.45) is 0 Å². The van der Waals surface area contributed by atoms with Crippen molar-refractivity contribution >= 4 is 0 Å². The van der Waals surface area contributed by atoms with Gasteiger partial charge in [0.15, 0.2) is 0 Å². The maximum Gasteiger partial charge on any atom is 0.0975 e. The summed E-state index contributed by atoms with van der Waals surface area (Å²) in [6, 6.07) is 10.1. The summed E-state index contributed by atoms with van der Waals surface area (Å²) < 4.78 is 4.92. The van der Waals surface area contributed by atoms with E-state index in [1.54, 1.807) is 14.0 Å². The van der Waals surface area contributed by atoms with Crippen LogP contribution >= 0.6 is 0 Å². The molecule has 1 aromatic carbocycles. The van der Waals surface area contributed by atoms with E-state index in [1.165, 1.54) is 5.56 Å². The van der Waals surface area contributed by atoms with Crippen molar-refractivity contribution in [3.05, 3.63) is 35.9 Å². The number of aliphatic hydroxyl groups is 1. The zero-order valence-electron chi connectivity index (χ0n) is 9.36. The van der Waals surface area contributed by atoms with Crippen LogP contribution in [0, 0.1) is 0 Å². The molecule has 0 saturated carbocycles. The summed E-state index contributed by atoms with van der Waals surface area (Å²) >= 11 is 0. The minimum Gasteiger partial charge on any atom is -0.386 e. The molecule has 2 N–H and O–H groups in total. The number of hydrogen-bond acceptors (Lipinski definition) is 3. The van der Waals surface area contributed by atoms with Crippen molar-refractivity contribution in [3.63, 3.8) is 0 Å². The molecule has 84 valence electrons. The zero-order valence-corrected chi connectivity index (χ0v) is 9.36. The molecule has 1 unspecified atom stereocenters. The lowest BCUT2D eigenvalue weighted by atomic mass is 10.1. The fraction of sp³-hybridized carbons (Fsp3) is 0.500. The van der Waals surface area contributed by atoms with Crippen LogP contribution in [0.15, 0.2) is 30.3 Å². The maximum absolute atomic E-state index is 9.80. The normalized spacial score (nSPS) is 14.9. The van der Waals surface area contributed by atoms with Gasteiger partial charge in [-0.3, -0.25) is 0 Å². The molecule has 0 aromatic heterocycles. The summed E-state index contributed by atoms with van der Waals surface area (Å²) in [5.74, 6) is 0. The minimum absolute atomic E-state index is 0.342. The van der Waals surface area contributed by atoms with E-state index in [0.29, 0.717) is 13.2 Å². The summed E-state index contributed by atoms with van der Waals surface area (Å²) in [7, 11) is 1.59. The number of methoxy groups -OCH3 is 1. The van der Waals surface area contributed by atoms with Crippen LogP contribution in [0.2, 0.25) is 0 Å². The van der Waals surface area contributed by atoms with E-state index < -0.39 is 5.60 Å². The average Bonchev–Trinajstić information content (AvgIpc) is 2.19. The summed E-state index contributed by atoms with van der Waals surface area (Å²) in [6.07, 6.45) is 0. The van der Waals surface area contributed by atoms with Gasteiger partial charge >= 0.3 is 0 Å². The molecule has 0 spiro atoms. The van der Waals surface area contributed by atoms with Crippen LogP contribution in [0.4, 0.5) is 0 Å². The second-order valence-corrected chi connectivity index (χ2v) is 4.02. The first-order chi connectivity index (χ1) is 7.14. The lowest BCUT2D eigenvalue weighted by Gasteiger charge is -2.22. The lowest BCUT2D eigenvalue weighted by molar-refractivity contribution is -0.0156. The second-order valence-electron chi connectivity index (χ2n) is 4.02. The molecule has 0 heterocycles. The molecule has 15 heavy (non-hydrogen) atoms. The van der Waals surface area contributed by atoms with Crippen LogP contribution in [0.25, 0.3) is 0 Å². The maximum atomic E-state index is 9.80. The summed E-state index contributed by atoms with van der Waals surface area (Å²) in [5, 5.41) is 13.0. The Morgan fingerprint density at radius 1 is 1.33 bits per heavy atom. The van der Waals surface area contributed by atoms with Gasteiger partial charge in [-0.05, 0) is 12.5 Å². The van der Waals surface area contributed by atoms with E-state index in [4.69, 9.17) is 4.74 Å². The van der Waals surface area contributed by atoms with E-state index >= 15 is 0 Å². The first-order valence-corrected chi connectivity index (χ1v) is 5.10. The Morgan fingerprint density at radius 3 is 2.60 bits per heavy atom. The highest BCUT2D eigenvalue weighted by atomic mass is 16.5. The van der Waals surface area contributed by atoms with Crippen LogP contribution < -0.4 is 5.32 Å². The number of rotatable bonds is 6. The number of nitrogens with one attached hydrogen (secondary N) is 1. The molecule has 1 aromatic rings. The molecule has 0 saturated heterocycles. The van der Waals surface area contributed by atoms with Gasteiger partial charge in [-0.25, -0.2) is 0 Å². The third kappa shape index (κ3) is 4.93. The van der Waals surface area contributed by atoms with Gasteiger partial charge in [0.05, 0.1) is 12.2 Å². The van der Waals surface area contributed by atoms with Gasteiger partial charge in [0, 0.05) is 20.2 Å². The Morgan fingerprint density at radius 2 is 2.00 bits per heavy atom. The molecule has 0 fully saturated rings. The summed E-state index contributed by atoms with van der Waals surface area (Å²) in [5.41, 5.74) is 0.412. The van der Waals surface area contributed by atoms with Gasteiger partial charge in [-0.1, -0.05) is 30.3 Å². The smallest absolute Gasteiger partial charge is 0.0975 e. The fourth-order valence-electron chi connectivity index (χ4n) is 1.43. The molecule has 3 heteroatoms. The fourth-order valence-corrected chi connectivity index (χ4v) is 1.43. The summed E-state index contributed by atoms with van der Waals surface area (Å²) in [6.45, 7) is 3.39. The van der Waals surface area contributed by atoms with Crippen LogP contribution in [-0.4, -0.2) is 31.0 Å². The Hall–Kier alpha value is -0.900. The molecule has 0 aliphatic carbocycles. The van der Waals surface area contributed by atoms with Crippen molar-refractivity contribution in [3.8, 4) is 0 Å². The first kappa shape index (κ1) is 12.2. The Bertz CT molecular complexity index is 272. The molecule has 1 atom stereocenters. The highest BCUT2D eigenvalue weighted by Gasteiger charge is 2.18. The summed E-state index contributed by atoms with van der Waals surface area (Å²) in [4.78, 5) is 0. The standard InChI is InChI=1S/C12H19NO2/c1-12(14,10-15-2)9-13-8-11-6-4-3-5-7-11/h3-7,13-14H,8-10H2,1-2H3. The molecule has 0 bridgehead atoms. The van der Waals surface area contributed by atoms with Crippen molar-refractivity contribution < 1.29 is 9.84 Å². The largest absolute Gasteiger partial charge is 0.386 e. The number of hydrogen-bond donors (Lipinski definition) is 2. The van der Waals surface area contributed by atoms with E-state index in [9.17, 15) is 5.11 Å². The molecule has 0 aliphatic rings. The molecule has 0 amide bonds. The number of benzene rings is 1. The second kappa shape index (κ2) is 5.85. The van der Waals surface area contributed by atoms with Gasteiger partial charge in [-0.2, -0.15) is 0 Å². The topological polar surface area (TPSA) is 41.5 Å². The van der Waals surface area contributed by atoms with E-state index in [0.717, 1.165) is 6.54 Å². The average molecular weight is 209 g/mol. The quantitative estimate of drug-likeness (QED) is 0.739. The Balaban J connectivity index is 2.27. The van der Waals surface area contributed by atoms with Crippen molar-refractivity contribution in [1.82, 2.24) is 5.32 Å². The molecular weight excluding hydrogens is 190 g/mol.